The molecule has 1 fully saturated rings. The summed E-state index contributed by atoms with van der Waals surface area (Å²) in [6.45, 7) is 4.47. The summed E-state index contributed by atoms with van der Waals surface area (Å²) in [4.78, 5) is 4.08. The van der Waals surface area contributed by atoms with E-state index in [0.29, 0.717) is 23.8 Å². The van der Waals surface area contributed by atoms with Gasteiger partial charge in [0.05, 0.1) is 12.3 Å². The Morgan fingerprint density at radius 1 is 1.47 bits per heavy atom. The second kappa shape index (κ2) is 6.35. The predicted molar refractivity (Wildman–Crippen MR) is 74.8 cm³/mol. The first-order valence-corrected chi connectivity index (χ1v) is 7.16. The molecule has 3 N–H and O–H groups in total. The molecule has 0 aromatic carbocycles. The number of hydrogen-bond donors (Lipinski definition) is 3. The molecule has 1 aliphatic rings. The Hall–Kier alpha value is -1.13. The normalized spacial score (nSPS) is 16.6. The number of aromatic hydroxyl groups is 1. The molecular weight excluding hydrogens is 240 g/mol. The van der Waals surface area contributed by atoms with Crippen LogP contribution in [0.1, 0.15) is 49.4 Å². The van der Waals surface area contributed by atoms with Gasteiger partial charge in [-0.3, -0.25) is 4.98 Å². The van der Waals surface area contributed by atoms with Gasteiger partial charge in [-0.1, -0.05) is 19.8 Å². The van der Waals surface area contributed by atoms with Gasteiger partial charge in [0.25, 0.3) is 0 Å². The molecular formula is C15H24N2O2. The lowest BCUT2D eigenvalue weighted by Gasteiger charge is -2.19. The van der Waals surface area contributed by atoms with Crippen LogP contribution in [-0.4, -0.2) is 21.2 Å². The Bertz CT molecular complexity index is 430. The van der Waals surface area contributed by atoms with Crippen molar-refractivity contribution in [3.8, 4) is 5.75 Å². The lowest BCUT2D eigenvalue weighted by atomic mass is 10.0. The van der Waals surface area contributed by atoms with Gasteiger partial charge in [0, 0.05) is 29.9 Å². The third-order valence-corrected chi connectivity index (χ3v) is 3.98. The molecule has 0 radical (unpaired) electrons. The molecule has 0 spiro atoms. The van der Waals surface area contributed by atoms with Crippen LogP contribution in [0.2, 0.25) is 0 Å². The summed E-state index contributed by atoms with van der Waals surface area (Å²) in [5.74, 6) is 1.10. The van der Waals surface area contributed by atoms with Gasteiger partial charge in [-0.15, -0.1) is 0 Å². The third-order valence-electron chi connectivity index (χ3n) is 3.98. The number of aryl methyl sites for hydroxylation is 1. The smallest absolute Gasteiger partial charge is 0.141 e. The minimum atomic E-state index is -0.0860. The maximum absolute atomic E-state index is 10.1. The van der Waals surface area contributed by atoms with E-state index in [1.54, 1.807) is 13.1 Å². The fourth-order valence-electron chi connectivity index (χ4n) is 2.41. The zero-order chi connectivity index (χ0) is 13.8. The van der Waals surface area contributed by atoms with Gasteiger partial charge in [0.1, 0.15) is 5.75 Å². The van der Waals surface area contributed by atoms with E-state index >= 15 is 0 Å². The Morgan fingerprint density at radius 3 is 2.79 bits per heavy atom. The molecule has 2 rings (SSSR count). The first-order chi connectivity index (χ1) is 9.15. The van der Waals surface area contributed by atoms with Gasteiger partial charge in [-0.05, 0) is 25.7 Å². The average molecular weight is 264 g/mol. The lowest BCUT2D eigenvalue weighted by Crippen LogP contribution is -2.29. The monoisotopic (exact) mass is 264 g/mol. The second-order valence-corrected chi connectivity index (χ2v) is 5.52. The molecule has 1 unspecified atom stereocenters. The van der Waals surface area contributed by atoms with Crippen LogP contribution in [0.15, 0.2) is 6.20 Å². The summed E-state index contributed by atoms with van der Waals surface area (Å²) < 4.78 is 0. The van der Waals surface area contributed by atoms with Gasteiger partial charge < -0.3 is 15.5 Å². The van der Waals surface area contributed by atoms with Gasteiger partial charge in [0.15, 0.2) is 0 Å². The van der Waals surface area contributed by atoms with Crippen LogP contribution in [0, 0.1) is 12.8 Å². The minimum Gasteiger partial charge on any atom is -0.506 e. The van der Waals surface area contributed by atoms with Crippen molar-refractivity contribution in [3.63, 3.8) is 0 Å². The number of aliphatic hydroxyl groups excluding tert-OH is 1. The molecule has 0 bridgehead atoms. The predicted octanol–water partition coefficient (Wildman–Crippen LogP) is 2.26. The highest BCUT2D eigenvalue weighted by atomic mass is 16.3. The van der Waals surface area contributed by atoms with Crippen LogP contribution in [0.5, 0.6) is 5.75 Å². The number of hydrogen-bond acceptors (Lipinski definition) is 4. The SMILES string of the molecule is CCC(CC1CC1)NCc1c(CO)cnc(C)c1O. The van der Waals surface area contributed by atoms with Crippen LogP contribution in [-0.2, 0) is 13.2 Å². The van der Waals surface area contributed by atoms with Gasteiger partial charge >= 0.3 is 0 Å². The molecule has 4 nitrogen and oxygen atoms in total. The molecule has 1 aliphatic carbocycles. The fourth-order valence-corrected chi connectivity index (χ4v) is 2.41. The van der Waals surface area contributed by atoms with Crippen molar-refractivity contribution in [2.24, 2.45) is 5.92 Å². The number of rotatable bonds is 7. The second-order valence-electron chi connectivity index (χ2n) is 5.52. The number of pyridine rings is 1. The highest BCUT2D eigenvalue weighted by Crippen LogP contribution is 2.34. The van der Waals surface area contributed by atoms with Crippen molar-refractivity contribution in [1.29, 1.82) is 0 Å². The largest absolute Gasteiger partial charge is 0.506 e. The van der Waals surface area contributed by atoms with Gasteiger partial charge in [0.2, 0.25) is 0 Å². The lowest BCUT2D eigenvalue weighted by molar-refractivity contribution is 0.278. The molecule has 0 amide bonds. The summed E-state index contributed by atoms with van der Waals surface area (Å²) in [5.41, 5.74) is 2.10. The van der Waals surface area contributed by atoms with Crippen LogP contribution >= 0.6 is 0 Å². The third kappa shape index (κ3) is 3.67. The zero-order valence-corrected chi connectivity index (χ0v) is 11.8. The van der Waals surface area contributed by atoms with E-state index in [1.165, 1.54) is 19.3 Å². The van der Waals surface area contributed by atoms with Crippen molar-refractivity contribution < 1.29 is 10.2 Å². The molecule has 19 heavy (non-hydrogen) atoms. The van der Waals surface area contributed by atoms with E-state index in [-0.39, 0.29) is 12.4 Å². The Balaban J connectivity index is 2.02. The van der Waals surface area contributed by atoms with Gasteiger partial charge in [-0.2, -0.15) is 0 Å². The van der Waals surface area contributed by atoms with E-state index in [0.717, 1.165) is 17.9 Å². The quantitative estimate of drug-likeness (QED) is 0.707. The van der Waals surface area contributed by atoms with E-state index in [9.17, 15) is 10.2 Å². The minimum absolute atomic E-state index is 0.0860. The topological polar surface area (TPSA) is 65.4 Å². The summed E-state index contributed by atoms with van der Waals surface area (Å²) in [7, 11) is 0. The average Bonchev–Trinajstić information content (AvgIpc) is 3.22. The molecule has 1 atom stereocenters. The number of aliphatic hydroxyl groups is 1. The van der Waals surface area contributed by atoms with Crippen molar-refractivity contribution in [2.75, 3.05) is 0 Å². The molecule has 1 saturated carbocycles. The Morgan fingerprint density at radius 2 is 2.21 bits per heavy atom. The Labute approximate surface area is 114 Å². The molecule has 1 heterocycles. The van der Waals surface area contributed by atoms with Crippen molar-refractivity contribution in [3.05, 3.63) is 23.0 Å². The highest BCUT2D eigenvalue weighted by molar-refractivity contribution is 5.40. The van der Waals surface area contributed by atoms with Crippen LogP contribution < -0.4 is 5.32 Å². The molecule has 0 aliphatic heterocycles. The first-order valence-electron chi connectivity index (χ1n) is 7.16. The number of nitrogens with one attached hydrogen (secondary N) is 1. The Kier molecular flexibility index (Phi) is 4.77. The van der Waals surface area contributed by atoms with Crippen LogP contribution in [0.25, 0.3) is 0 Å². The summed E-state index contributed by atoms with van der Waals surface area (Å²) in [5, 5.41) is 22.9. The van der Waals surface area contributed by atoms with Crippen molar-refractivity contribution in [2.45, 2.75) is 58.7 Å². The van der Waals surface area contributed by atoms with Gasteiger partial charge in [-0.25, -0.2) is 0 Å². The van der Waals surface area contributed by atoms with Crippen molar-refractivity contribution >= 4 is 0 Å². The van der Waals surface area contributed by atoms with Crippen LogP contribution in [0.3, 0.4) is 0 Å². The van der Waals surface area contributed by atoms with Crippen molar-refractivity contribution in [1.82, 2.24) is 10.3 Å². The molecule has 4 heteroatoms. The maximum Gasteiger partial charge on any atom is 0.141 e. The van der Waals surface area contributed by atoms with E-state index in [2.05, 4.69) is 17.2 Å². The van der Waals surface area contributed by atoms with Crippen LogP contribution in [0.4, 0.5) is 0 Å². The molecule has 0 saturated heterocycles. The highest BCUT2D eigenvalue weighted by Gasteiger charge is 2.24. The van der Waals surface area contributed by atoms with E-state index in [4.69, 9.17) is 0 Å². The maximum atomic E-state index is 10.1. The van der Waals surface area contributed by atoms with E-state index in [1.807, 2.05) is 0 Å². The zero-order valence-electron chi connectivity index (χ0n) is 11.8. The standard InChI is InChI=1S/C15H24N2O2/c1-3-13(6-11-4-5-11)17-8-14-12(9-18)7-16-10(2)15(14)19/h7,11,13,17-19H,3-6,8-9H2,1-2H3. The fraction of sp³-hybridized carbons (Fsp3) is 0.667. The number of aromatic nitrogens is 1. The summed E-state index contributed by atoms with van der Waals surface area (Å²) in [6.07, 6.45) is 6.68. The van der Waals surface area contributed by atoms with E-state index < -0.39 is 0 Å². The molecule has 106 valence electrons. The first kappa shape index (κ1) is 14.3. The number of nitrogens with zero attached hydrogens (tertiary/aromatic N) is 1. The summed E-state index contributed by atoms with van der Waals surface area (Å²) in [6, 6.07) is 0.493. The molecule has 1 aromatic rings. The molecule has 1 aromatic heterocycles. The summed E-state index contributed by atoms with van der Waals surface area (Å²) >= 11 is 0.